The molecule has 1 amide bonds. The highest BCUT2D eigenvalue weighted by Crippen LogP contribution is 2.29. The van der Waals surface area contributed by atoms with Gasteiger partial charge in [0.2, 0.25) is 11.0 Å². The third kappa shape index (κ3) is 5.25. The quantitative estimate of drug-likeness (QED) is 0.400. The molecule has 0 radical (unpaired) electrons. The number of carbonyl (C=O) groups is 1. The standard InChI is InChI=1S/C22H19ClN6O2S/c1-24-13-18(14-5-3-2-4-6-14)31-20-17(23)11-16(12-26-20)19(30)27-22-29-28-21(32-22)15-7-9-25-10-8-15/h2-12,18,24H,13H2,1H3,(H,27,29,30)/t18-/m1/s1. The number of rotatable bonds is 8. The van der Waals surface area contributed by atoms with Gasteiger partial charge in [0.05, 0.1) is 5.56 Å². The van der Waals surface area contributed by atoms with Crippen LogP contribution in [0.15, 0.2) is 67.1 Å². The average Bonchev–Trinajstić information content (AvgIpc) is 3.29. The Balaban J connectivity index is 1.46. The molecule has 1 atom stereocenters. The number of carbonyl (C=O) groups excluding carboxylic acids is 1. The maximum Gasteiger partial charge on any atom is 0.259 e. The molecule has 10 heteroatoms. The van der Waals surface area contributed by atoms with E-state index in [0.717, 1.165) is 11.1 Å². The molecule has 2 N–H and O–H groups in total. The number of pyridine rings is 2. The van der Waals surface area contributed by atoms with Crippen molar-refractivity contribution in [1.29, 1.82) is 0 Å². The molecule has 0 aliphatic rings. The van der Waals surface area contributed by atoms with E-state index in [4.69, 9.17) is 16.3 Å². The zero-order valence-corrected chi connectivity index (χ0v) is 18.6. The van der Waals surface area contributed by atoms with Gasteiger partial charge in [-0.1, -0.05) is 53.3 Å². The Labute approximate surface area is 193 Å². The smallest absolute Gasteiger partial charge is 0.259 e. The first-order chi connectivity index (χ1) is 15.6. The van der Waals surface area contributed by atoms with E-state index in [2.05, 4.69) is 30.8 Å². The molecule has 0 bridgehead atoms. The second-order valence-corrected chi connectivity index (χ2v) is 8.07. The molecule has 3 aromatic heterocycles. The van der Waals surface area contributed by atoms with Gasteiger partial charge >= 0.3 is 0 Å². The molecule has 0 saturated carbocycles. The van der Waals surface area contributed by atoms with Crippen LogP contribution in [-0.2, 0) is 0 Å². The summed E-state index contributed by atoms with van der Waals surface area (Å²) in [6.45, 7) is 0.571. The molecule has 0 fully saturated rings. The first kappa shape index (κ1) is 21.8. The second kappa shape index (κ2) is 10.3. The summed E-state index contributed by atoms with van der Waals surface area (Å²) >= 11 is 7.63. The molecule has 1 aromatic carbocycles. The van der Waals surface area contributed by atoms with Crippen molar-refractivity contribution in [3.63, 3.8) is 0 Å². The third-order valence-electron chi connectivity index (χ3n) is 4.46. The molecule has 0 saturated heterocycles. The summed E-state index contributed by atoms with van der Waals surface area (Å²) in [7, 11) is 1.84. The average molecular weight is 467 g/mol. The number of hydrogen-bond acceptors (Lipinski definition) is 8. The summed E-state index contributed by atoms with van der Waals surface area (Å²) in [6.07, 6.45) is 4.48. The van der Waals surface area contributed by atoms with Gasteiger partial charge in [-0.15, -0.1) is 10.2 Å². The molecule has 0 spiro atoms. The highest BCUT2D eigenvalue weighted by Gasteiger charge is 2.18. The predicted molar refractivity (Wildman–Crippen MR) is 124 cm³/mol. The fourth-order valence-corrected chi connectivity index (χ4v) is 3.86. The Kier molecular flexibility index (Phi) is 7.00. The monoisotopic (exact) mass is 466 g/mol. The fraction of sp³-hybridized carbons (Fsp3) is 0.136. The number of hydrogen-bond donors (Lipinski definition) is 2. The van der Waals surface area contributed by atoms with E-state index in [1.807, 2.05) is 49.5 Å². The van der Waals surface area contributed by atoms with Crippen LogP contribution in [0.3, 0.4) is 0 Å². The van der Waals surface area contributed by atoms with Crippen LogP contribution >= 0.6 is 22.9 Å². The SMILES string of the molecule is CNC[C@@H](Oc1ncc(C(=O)Nc2nnc(-c3ccncc3)s2)cc1Cl)c1ccccc1. The Morgan fingerprint density at radius 1 is 1.16 bits per heavy atom. The molecular weight excluding hydrogens is 448 g/mol. The van der Waals surface area contributed by atoms with Gasteiger partial charge in [-0.05, 0) is 30.8 Å². The first-order valence-corrected chi connectivity index (χ1v) is 10.9. The normalized spacial score (nSPS) is 11.7. The van der Waals surface area contributed by atoms with Crippen molar-refractivity contribution in [1.82, 2.24) is 25.5 Å². The van der Waals surface area contributed by atoms with E-state index in [1.165, 1.54) is 23.6 Å². The number of nitrogens with zero attached hydrogens (tertiary/aromatic N) is 4. The lowest BCUT2D eigenvalue weighted by Gasteiger charge is -2.19. The Bertz CT molecular complexity index is 1190. The number of likely N-dealkylation sites (N-methyl/N-ethyl adjacent to an activating group) is 1. The topological polar surface area (TPSA) is 102 Å². The van der Waals surface area contributed by atoms with Crippen molar-refractivity contribution in [2.75, 3.05) is 18.9 Å². The highest BCUT2D eigenvalue weighted by molar-refractivity contribution is 7.18. The summed E-state index contributed by atoms with van der Waals surface area (Å²) in [5.74, 6) is -0.138. The van der Waals surface area contributed by atoms with Gasteiger partial charge in [-0.25, -0.2) is 4.98 Å². The zero-order chi connectivity index (χ0) is 22.3. The van der Waals surface area contributed by atoms with Gasteiger partial charge < -0.3 is 10.1 Å². The van der Waals surface area contributed by atoms with E-state index in [0.29, 0.717) is 16.7 Å². The molecule has 4 aromatic rings. The van der Waals surface area contributed by atoms with Crippen LogP contribution in [0.4, 0.5) is 5.13 Å². The first-order valence-electron chi connectivity index (χ1n) is 9.71. The lowest BCUT2D eigenvalue weighted by atomic mass is 10.1. The molecule has 162 valence electrons. The third-order valence-corrected chi connectivity index (χ3v) is 5.62. The van der Waals surface area contributed by atoms with Crippen molar-refractivity contribution in [2.24, 2.45) is 0 Å². The summed E-state index contributed by atoms with van der Waals surface area (Å²) in [5, 5.41) is 15.2. The minimum Gasteiger partial charge on any atom is -0.467 e. The maximum atomic E-state index is 12.6. The van der Waals surface area contributed by atoms with Crippen LogP contribution in [0.2, 0.25) is 5.02 Å². The van der Waals surface area contributed by atoms with Gasteiger partial charge in [0.1, 0.15) is 16.1 Å². The van der Waals surface area contributed by atoms with E-state index < -0.39 is 5.91 Å². The molecule has 8 nitrogen and oxygen atoms in total. The molecule has 3 heterocycles. The van der Waals surface area contributed by atoms with E-state index >= 15 is 0 Å². The number of aromatic nitrogens is 4. The number of amides is 1. The zero-order valence-electron chi connectivity index (χ0n) is 17.0. The van der Waals surface area contributed by atoms with Crippen LogP contribution in [0.5, 0.6) is 5.88 Å². The van der Waals surface area contributed by atoms with Gasteiger partial charge in [0, 0.05) is 30.7 Å². The largest absolute Gasteiger partial charge is 0.467 e. The Morgan fingerprint density at radius 3 is 2.66 bits per heavy atom. The van der Waals surface area contributed by atoms with Crippen LogP contribution in [0.1, 0.15) is 22.0 Å². The van der Waals surface area contributed by atoms with Crippen molar-refractivity contribution in [2.45, 2.75) is 6.10 Å². The minimum absolute atomic E-state index is 0.240. The van der Waals surface area contributed by atoms with Crippen molar-refractivity contribution in [3.05, 3.63) is 83.3 Å². The number of halogens is 1. The fourth-order valence-electron chi connectivity index (χ4n) is 2.91. The molecule has 32 heavy (non-hydrogen) atoms. The lowest BCUT2D eigenvalue weighted by molar-refractivity contribution is 0.102. The van der Waals surface area contributed by atoms with E-state index in [-0.39, 0.29) is 22.6 Å². The van der Waals surface area contributed by atoms with Crippen LogP contribution in [0, 0.1) is 0 Å². The highest BCUT2D eigenvalue weighted by atomic mass is 35.5. The second-order valence-electron chi connectivity index (χ2n) is 6.69. The number of ether oxygens (including phenoxy) is 1. The molecule has 4 rings (SSSR count). The minimum atomic E-state index is -0.391. The van der Waals surface area contributed by atoms with Crippen LogP contribution in [-0.4, -0.2) is 39.7 Å². The van der Waals surface area contributed by atoms with Crippen LogP contribution in [0.25, 0.3) is 10.6 Å². The Morgan fingerprint density at radius 2 is 1.94 bits per heavy atom. The lowest BCUT2D eigenvalue weighted by Crippen LogP contribution is -2.22. The summed E-state index contributed by atoms with van der Waals surface area (Å²) < 4.78 is 6.01. The molecule has 0 aliphatic carbocycles. The number of anilines is 1. The number of benzene rings is 1. The van der Waals surface area contributed by atoms with Gasteiger partial charge in [0.15, 0.2) is 0 Å². The summed E-state index contributed by atoms with van der Waals surface area (Å²) in [4.78, 5) is 20.9. The van der Waals surface area contributed by atoms with E-state index in [9.17, 15) is 4.79 Å². The molecule has 0 aliphatic heterocycles. The van der Waals surface area contributed by atoms with Gasteiger partial charge in [0.25, 0.3) is 5.91 Å². The Hall–Kier alpha value is -3.40. The van der Waals surface area contributed by atoms with Crippen LogP contribution < -0.4 is 15.4 Å². The van der Waals surface area contributed by atoms with Gasteiger partial charge in [-0.3, -0.25) is 15.1 Å². The number of nitrogens with one attached hydrogen (secondary N) is 2. The van der Waals surface area contributed by atoms with E-state index in [1.54, 1.807) is 12.4 Å². The van der Waals surface area contributed by atoms with Crippen molar-refractivity contribution >= 4 is 34.0 Å². The van der Waals surface area contributed by atoms with Crippen molar-refractivity contribution < 1.29 is 9.53 Å². The summed E-state index contributed by atoms with van der Waals surface area (Å²) in [5.41, 5.74) is 2.15. The maximum absolute atomic E-state index is 12.6. The molecule has 0 unspecified atom stereocenters. The molecular formula is C22H19ClN6O2S. The van der Waals surface area contributed by atoms with Gasteiger partial charge in [-0.2, -0.15) is 0 Å². The van der Waals surface area contributed by atoms with Crippen molar-refractivity contribution in [3.8, 4) is 16.5 Å². The summed E-state index contributed by atoms with van der Waals surface area (Å²) in [6, 6.07) is 14.9. The predicted octanol–water partition coefficient (Wildman–Crippen LogP) is 4.24.